The normalized spacial score (nSPS) is 13.8. The van der Waals surface area contributed by atoms with E-state index < -0.39 is 0 Å². The Kier molecular flexibility index (Phi) is 1.65. The van der Waals surface area contributed by atoms with Gasteiger partial charge in [0.25, 0.3) is 0 Å². The Hall–Kier alpha value is -1.99. The minimum absolute atomic E-state index is 0.358. The van der Waals surface area contributed by atoms with Crippen molar-refractivity contribution in [1.82, 2.24) is 5.48 Å². The summed E-state index contributed by atoms with van der Waals surface area (Å²) in [5, 5.41) is 7.75. The van der Waals surface area contributed by atoms with Gasteiger partial charge in [-0.3, -0.25) is 5.41 Å². The van der Waals surface area contributed by atoms with Gasteiger partial charge in [0.05, 0.1) is 5.71 Å². The molecule has 0 atom stereocenters. The molecule has 1 aromatic rings. The van der Waals surface area contributed by atoms with Crippen molar-refractivity contribution in [2.24, 2.45) is 0 Å². The van der Waals surface area contributed by atoms with Gasteiger partial charge in [-0.25, -0.2) is 5.48 Å². The summed E-state index contributed by atoms with van der Waals surface area (Å²) in [6, 6.07) is 7.35. The van der Waals surface area contributed by atoms with E-state index in [0.717, 1.165) is 5.56 Å². The van der Waals surface area contributed by atoms with Crippen molar-refractivity contribution in [2.45, 2.75) is 0 Å². The molecule has 0 spiro atoms. The van der Waals surface area contributed by atoms with Gasteiger partial charge in [-0.05, 0) is 12.1 Å². The molecule has 1 aromatic carbocycles. The predicted octanol–water partition coefficient (Wildman–Crippen LogP) is 1.62. The second-order valence-electron chi connectivity index (χ2n) is 2.63. The van der Waals surface area contributed by atoms with Gasteiger partial charge in [-0.2, -0.15) is 0 Å². The van der Waals surface area contributed by atoms with Gasteiger partial charge in [-0.15, -0.1) is 0 Å². The third-order valence-electron chi connectivity index (χ3n) is 1.85. The molecular formula is C10H8N2O. The van der Waals surface area contributed by atoms with E-state index in [1.165, 1.54) is 0 Å². The van der Waals surface area contributed by atoms with E-state index in [9.17, 15) is 0 Å². The van der Waals surface area contributed by atoms with Crippen LogP contribution in [0.5, 0.6) is 5.75 Å². The highest BCUT2D eigenvalue weighted by Crippen LogP contribution is 2.23. The van der Waals surface area contributed by atoms with Crippen molar-refractivity contribution in [3.05, 3.63) is 47.8 Å². The summed E-state index contributed by atoms with van der Waals surface area (Å²) < 4.78 is 0. The maximum atomic E-state index is 7.75. The number of hydroxylamine groups is 1. The summed E-state index contributed by atoms with van der Waals surface area (Å²) in [7, 11) is 0. The van der Waals surface area contributed by atoms with Gasteiger partial charge >= 0.3 is 0 Å². The van der Waals surface area contributed by atoms with Gasteiger partial charge in [-0.1, -0.05) is 24.4 Å². The molecule has 0 fully saturated rings. The highest BCUT2D eigenvalue weighted by molar-refractivity contribution is 6.12. The molecular weight excluding hydrogens is 164 g/mol. The first-order valence-electron chi connectivity index (χ1n) is 3.84. The van der Waals surface area contributed by atoms with Gasteiger partial charge in [0.1, 0.15) is 5.70 Å². The van der Waals surface area contributed by atoms with Gasteiger partial charge in [0, 0.05) is 5.56 Å². The smallest absolute Gasteiger partial charge is 0.164 e. The van der Waals surface area contributed by atoms with E-state index in [1.54, 1.807) is 6.07 Å². The average Bonchev–Trinajstić information content (AvgIpc) is 2.19. The van der Waals surface area contributed by atoms with Crippen LogP contribution in [0.2, 0.25) is 0 Å². The lowest BCUT2D eigenvalue weighted by molar-refractivity contribution is 0.230. The lowest BCUT2D eigenvalue weighted by Gasteiger charge is -2.19. The van der Waals surface area contributed by atoms with E-state index in [2.05, 4.69) is 17.8 Å². The van der Waals surface area contributed by atoms with Crippen LogP contribution in [0.4, 0.5) is 0 Å². The molecule has 0 radical (unpaired) electrons. The molecule has 1 aliphatic heterocycles. The van der Waals surface area contributed by atoms with Crippen LogP contribution in [0, 0.1) is 5.41 Å². The van der Waals surface area contributed by atoms with Crippen LogP contribution in [0.25, 0.3) is 0 Å². The van der Waals surface area contributed by atoms with Gasteiger partial charge in [0.15, 0.2) is 5.75 Å². The van der Waals surface area contributed by atoms with Crippen molar-refractivity contribution in [3.8, 4) is 5.75 Å². The fraction of sp³-hybridized carbons (Fsp3) is 0. The Morgan fingerprint density at radius 3 is 2.92 bits per heavy atom. The maximum Gasteiger partial charge on any atom is 0.164 e. The monoisotopic (exact) mass is 172 g/mol. The lowest BCUT2D eigenvalue weighted by atomic mass is 10.1. The summed E-state index contributed by atoms with van der Waals surface area (Å²) >= 11 is 0. The second-order valence-corrected chi connectivity index (χ2v) is 2.63. The first-order valence-corrected chi connectivity index (χ1v) is 3.84. The Morgan fingerprint density at radius 1 is 1.38 bits per heavy atom. The van der Waals surface area contributed by atoms with Crippen molar-refractivity contribution >= 4 is 5.71 Å². The van der Waals surface area contributed by atoms with Crippen LogP contribution in [0.3, 0.4) is 0 Å². The molecule has 3 heteroatoms. The Labute approximate surface area is 75.8 Å². The third-order valence-corrected chi connectivity index (χ3v) is 1.85. The molecule has 0 saturated carbocycles. The zero-order chi connectivity index (χ0) is 9.26. The zero-order valence-corrected chi connectivity index (χ0v) is 6.92. The fourth-order valence-corrected chi connectivity index (χ4v) is 1.18. The summed E-state index contributed by atoms with van der Waals surface area (Å²) in [4.78, 5) is 5.17. The van der Waals surface area contributed by atoms with Crippen LogP contribution < -0.4 is 10.3 Å². The molecule has 0 bridgehead atoms. The third kappa shape index (κ3) is 1.11. The number of benzene rings is 1. The fourth-order valence-electron chi connectivity index (χ4n) is 1.18. The Balaban J connectivity index is 2.57. The van der Waals surface area contributed by atoms with E-state index in [-0.39, 0.29) is 0 Å². The van der Waals surface area contributed by atoms with Crippen molar-refractivity contribution < 1.29 is 4.84 Å². The lowest BCUT2D eigenvalue weighted by Crippen LogP contribution is -2.29. The number of allylic oxidation sites excluding steroid dienone is 1. The molecule has 13 heavy (non-hydrogen) atoms. The zero-order valence-electron chi connectivity index (χ0n) is 6.92. The molecule has 64 valence electrons. The van der Waals surface area contributed by atoms with Crippen LogP contribution in [0.15, 0.2) is 42.3 Å². The highest BCUT2D eigenvalue weighted by atomic mass is 16.6. The SMILES string of the molecule is C=C=C1NOc2ccccc2C1=N. The molecule has 1 heterocycles. The van der Waals surface area contributed by atoms with E-state index in [0.29, 0.717) is 17.2 Å². The number of hydrogen-bond donors (Lipinski definition) is 2. The number of rotatable bonds is 0. The molecule has 2 rings (SSSR count). The minimum atomic E-state index is 0.358. The molecule has 0 unspecified atom stereocenters. The van der Waals surface area contributed by atoms with Crippen molar-refractivity contribution in [1.29, 1.82) is 5.41 Å². The van der Waals surface area contributed by atoms with Gasteiger partial charge < -0.3 is 4.84 Å². The number of nitrogens with one attached hydrogen (secondary N) is 2. The summed E-state index contributed by atoms with van der Waals surface area (Å²) in [6.07, 6.45) is 0. The summed E-state index contributed by atoms with van der Waals surface area (Å²) in [6.45, 7) is 3.46. The summed E-state index contributed by atoms with van der Waals surface area (Å²) in [5.41, 5.74) is 6.78. The predicted molar refractivity (Wildman–Crippen MR) is 49.7 cm³/mol. The number of fused-ring (bicyclic) bond motifs is 1. The van der Waals surface area contributed by atoms with Crippen LogP contribution >= 0.6 is 0 Å². The highest BCUT2D eigenvalue weighted by Gasteiger charge is 2.18. The molecule has 0 aliphatic carbocycles. The largest absolute Gasteiger partial charge is 0.381 e. The quantitative estimate of drug-likeness (QED) is 0.584. The Morgan fingerprint density at radius 2 is 2.15 bits per heavy atom. The molecule has 0 saturated heterocycles. The molecule has 1 aliphatic rings. The standard InChI is InChI=1S/C10H8N2O/c1-2-8-10(11)7-5-3-4-6-9(7)13-12-8/h3-6,11-12H,1H2. The molecule has 0 amide bonds. The van der Waals surface area contributed by atoms with Crippen molar-refractivity contribution in [2.75, 3.05) is 0 Å². The first kappa shape index (κ1) is 7.65. The van der Waals surface area contributed by atoms with Crippen LogP contribution in [0.1, 0.15) is 5.56 Å². The van der Waals surface area contributed by atoms with E-state index >= 15 is 0 Å². The van der Waals surface area contributed by atoms with Crippen LogP contribution in [-0.4, -0.2) is 5.71 Å². The topological polar surface area (TPSA) is 45.1 Å². The average molecular weight is 172 g/mol. The second kappa shape index (κ2) is 2.81. The maximum absolute atomic E-state index is 7.75. The van der Waals surface area contributed by atoms with Gasteiger partial charge in [0.2, 0.25) is 0 Å². The molecule has 3 nitrogen and oxygen atoms in total. The van der Waals surface area contributed by atoms with E-state index in [1.807, 2.05) is 18.2 Å². The molecule has 2 N–H and O–H groups in total. The summed E-state index contributed by atoms with van der Waals surface area (Å²) in [5.74, 6) is 0.659. The number of para-hydroxylation sites is 1. The number of hydrogen-bond acceptors (Lipinski definition) is 3. The minimum Gasteiger partial charge on any atom is -0.381 e. The van der Waals surface area contributed by atoms with Crippen LogP contribution in [-0.2, 0) is 0 Å². The Bertz CT molecular complexity index is 417. The van der Waals surface area contributed by atoms with Crippen molar-refractivity contribution in [3.63, 3.8) is 0 Å². The van der Waals surface area contributed by atoms with E-state index in [4.69, 9.17) is 10.2 Å². The first-order chi connectivity index (χ1) is 6.33. The molecule has 0 aromatic heterocycles.